The highest BCUT2D eigenvalue weighted by Crippen LogP contribution is 2.50. The normalized spacial score (nSPS) is 15.6. The number of non-ortho nitro benzene ring substituents is 1. The third-order valence-electron chi connectivity index (χ3n) is 9.97. The lowest BCUT2D eigenvalue weighted by atomic mass is 9.81. The number of hydrogen-bond donors (Lipinski definition) is 0. The Bertz CT molecular complexity index is 2240. The third-order valence-corrected chi connectivity index (χ3v) is 16.1. The predicted octanol–water partition coefficient (Wildman–Crippen LogP) is 8.32. The van der Waals surface area contributed by atoms with Gasteiger partial charge >= 0.3 is 5.97 Å². The molecular weight excluding hydrogens is 796 g/mol. The summed E-state index contributed by atoms with van der Waals surface area (Å²) in [6, 6.07) is 41.4. The van der Waals surface area contributed by atoms with Gasteiger partial charge in [-0.3, -0.25) is 19.7 Å². The molecule has 1 fully saturated rings. The first-order chi connectivity index (χ1) is 28.1. The number of amides is 1. The molecule has 6 rings (SSSR count). The minimum Gasteiger partial charge on any atom is -0.544 e. The number of β-lactam (4-membered cyclic amide) rings is 1. The van der Waals surface area contributed by atoms with Gasteiger partial charge in [-0.25, -0.2) is 4.79 Å². The van der Waals surface area contributed by atoms with E-state index in [1.54, 1.807) is 35.2 Å². The van der Waals surface area contributed by atoms with Gasteiger partial charge in [-0.15, -0.1) is 0 Å². The lowest BCUT2D eigenvalue weighted by molar-refractivity contribution is -0.384. The molecule has 0 saturated carbocycles. The molecule has 2 atom stereocenters. The number of likely N-dealkylation sites (tertiary alicyclic amines) is 1. The van der Waals surface area contributed by atoms with E-state index in [-0.39, 0.29) is 35.8 Å². The van der Waals surface area contributed by atoms with Gasteiger partial charge in [0.15, 0.2) is 14.1 Å². The number of ether oxygens (including phenoxy) is 1. The van der Waals surface area contributed by atoms with Crippen LogP contribution in [0.5, 0.6) is 5.75 Å². The second-order valence-corrected chi connectivity index (χ2v) is 28.8. The Morgan fingerprint density at radius 1 is 0.729 bits per heavy atom. The van der Waals surface area contributed by atoms with Gasteiger partial charge in [0.25, 0.3) is 5.69 Å². The minimum atomic E-state index is -3.28. The highest BCUT2D eigenvalue weighted by molar-refractivity contribution is 7.96. The maximum absolute atomic E-state index is 15.3. The van der Waals surface area contributed by atoms with Gasteiger partial charge in [-0.1, -0.05) is 103 Å². The first-order valence-corrected chi connectivity index (χ1v) is 28.3. The van der Waals surface area contributed by atoms with E-state index >= 15 is 4.79 Å². The predicted molar refractivity (Wildman–Crippen MR) is 240 cm³/mol. The molecule has 0 bridgehead atoms. The Morgan fingerprint density at radius 2 is 1.27 bits per heavy atom. The smallest absolute Gasteiger partial charge is 0.356 e. The number of nitro groups is 1. The third kappa shape index (κ3) is 10.1. The van der Waals surface area contributed by atoms with Crippen LogP contribution in [0.3, 0.4) is 0 Å². The molecule has 1 aliphatic rings. The number of hydrogen-bond acceptors (Lipinski definition) is 8. The molecule has 0 unspecified atom stereocenters. The number of nitro benzene ring substituents is 1. The topological polar surface area (TPSA) is 125 Å². The Kier molecular flexibility index (Phi) is 13.4. The number of carbonyl (C=O) groups is 3. The van der Waals surface area contributed by atoms with Crippen LogP contribution in [0.1, 0.15) is 28.8 Å². The lowest BCUT2D eigenvalue weighted by Crippen LogP contribution is -2.66. The van der Waals surface area contributed by atoms with Gasteiger partial charge in [0.1, 0.15) is 17.8 Å². The first kappa shape index (κ1) is 43.2. The van der Waals surface area contributed by atoms with Crippen LogP contribution in [0.4, 0.5) is 5.69 Å². The Morgan fingerprint density at radius 3 is 1.76 bits per heavy atom. The van der Waals surface area contributed by atoms with E-state index in [9.17, 15) is 19.7 Å². The number of nitrogens with zero attached hydrogens (tertiary/aromatic N) is 2. The molecule has 1 aliphatic heterocycles. The zero-order chi connectivity index (χ0) is 42.4. The highest BCUT2D eigenvalue weighted by Gasteiger charge is 2.54. The summed E-state index contributed by atoms with van der Waals surface area (Å²) >= 11 is 0. The molecule has 0 N–H and O–H groups in total. The Balaban J connectivity index is 1.57. The van der Waals surface area contributed by atoms with Crippen LogP contribution >= 0.6 is 6.89 Å². The van der Waals surface area contributed by atoms with Gasteiger partial charge < -0.3 is 18.5 Å². The van der Waals surface area contributed by atoms with Crippen molar-refractivity contribution in [3.63, 3.8) is 0 Å². The van der Waals surface area contributed by atoms with Crippen LogP contribution in [-0.4, -0.2) is 62.2 Å². The molecule has 0 aliphatic carbocycles. The van der Waals surface area contributed by atoms with Crippen LogP contribution < -0.4 is 20.3 Å². The second kappa shape index (κ2) is 18.3. The van der Waals surface area contributed by atoms with Crippen LogP contribution in [0.2, 0.25) is 39.3 Å². The Hall–Kier alpha value is -5.40. The summed E-state index contributed by atoms with van der Waals surface area (Å²) in [5.74, 6) is -1.20. The summed E-state index contributed by atoms with van der Waals surface area (Å²) in [6.45, 7) is 9.34. The summed E-state index contributed by atoms with van der Waals surface area (Å²) in [5.41, 5.74) is 1.06. The van der Waals surface area contributed by atoms with E-state index in [1.165, 1.54) is 12.1 Å². The number of benzene rings is 5. The molecule has 59 heavy (non-hydrogen) atoms. The van der Waals surface area contributed by atoms with Crippen molar-refractivity contribution in [3.8, 4) is 5.75 Å². The molecule has 1 saturated heterocycles. The molecule has 1 amide bonds. The zero-order valence-electron chi connectivity index (χ0n) is 34.4. The first-order valence-electron chi connectivity index (χ1n) is 19.7. The molecule has 0 radical (unpaired) electrons. The SMILES string of the molecule is C[Si](C)(C)OCC[C@@H]1C(=O)N(C(C(=O)OCc2ccc([N+](=O)[O-])cc2)=P(c2ccccc2)(c2ccccc2)c2ccccc2)[C@@H]1CC(=O)c1cccc(O[Si](C)(C)C)c1. The number of carbonyl (C=O) groups excluding carboxylic acids is 3. The summed E-state index contributed by atoms with van der Waals surface area (Å²) in [5, 5.41) is 13.8. The van der Waals surface area contributed by atoms with E-state index in [0.717, 1.165) is 15.9 Å². The average molecular weight is 847 g/mol. The number of rotatable bonds is 17. The zero-order valence-corrected chi connectivity index (χ0v) is 37.3. The van der Waals surface area contributed by atoms with E-state index in [1.807, 2.05) is 97.1 Å². The van der Waals surface area contributed by atoms with E-state index in [2.05, 4.69) is 39.3 Å². The fourth-order valence-corrected chi connectivity index (χ4v) is 13.4. The van der Waals surface area contributed by atoms with Gasteiger partial charge in [0.2, 0.25) is 14.2 Å². The molecule has 1 heterocycles. The van der Waals surface area contributed by atoms with Crippen molar-refractivity contribution >= 4 is 68.2 Å². The van der Waals surface area contributed by atoms with Crippen LogP contribution in [0.25, 0.3) is 0 Å². The van der Waals surface area contributed by atoms with Gasteiger partial charge in [-0.2, -0.15) is 0 Å². The van der Waals surface area contributed by atoms with Gasteiger partial charge in [0, 0.05) is 37.6 Å². The molecule has 10 nitrogen and oxygen atoms in total. The van der Waals surface area contributed by atoms with Crippen molar-refractivity contribution in [1.82, 2.24) is 4.90 Å². The van der Waals surface area contributed by atoms with Crippen molar-refractivity contribution in [2.24, 2.45) is 5.92 Å². The fourth-order valence-electron chi connectivity index (χ4n) is 7.39. The molecule has 13 heteroatoms. The van der Waals surface area contributed by atoms with Crippen molar-refractivity contribution in [2.75, 3.05) is 6.61 Å². The molecular formula is C46H51N2O8PSi2. The summed E-state index contributed by atoms with van der Waals surface area (Å²) in [7, 11) is -3.94. The summed E-state index contributed by atoms with van der Waals surface area (Å²) in [4.78, 5) is 57.2. The molecule has 5 aromatic carbocycles. The molecule has 0 spiro atoms. The second-order valence-electron chi connectivity index (χ2n) is 16.5. The van der Waals surface area contributed by atoms with Crippen LogP contribution in [-0.2, 0) is 25.4 Å². The quantitative estimate of drug-likeness (QED) is 0.0174. The van der Waals surface area contributed by atoms with Crippen molar-refractivity contribution in [3.05, 3.63) is 161 Å². The fraction of sp³-hybridized carbons (Fsp3) is 0.261. The lowest BCUT2D eigenvalue weighted by Gasteiger charge is -2.50. The number of Topliss-reactive ketones (excluding diaryl/α,β-unsaturated/α-hetero) is 1. The number of ketones is 1. The molecule has 306 valence electrons. The van der Waals surface area contributed by atoms with Crippen LogP contribution in [0, 0.1) is 16.0 Å². The average Bonchev–Trinajstić information content (AvgIpc) is 3.21. The van der Waals surface area contributed by atoms with Crippen LogP contribution in [0.15, 0.2) is 140 Å². The maximum atomic E-state index is 15.3. The largest absolute Gasteiger partial charge is 0.544 e. The molecule has 5 aromatic rings. The number of esters is 1. The van der Waals surface area contributed by atoms with Gasteiger partial charge in [-0.05, 0) is 91.4 Å². The summed E-state index contributed by atoms with van der Waals surface area (Å²) in [6.07, 6.45) is 0.312. The Labute approximate surface area is 348 Å². The van der Waals surface area contributed by atoms with E-state index in [4.69, 9.17) is 13.6 Å². The van der Waals surface area contributed by atoms with E-state index in [0.29, 0.717) is 29.9 Å². The standard InChI is InChI=1S/C46H51N2O8PSi2/c1-58(2,3)55-30-29-41-42(32-43(49)35-17-16-18-37(31-35)56-59(4,5)6)47(44(41)50)45(46(51)54-33-34-25-27-36(28-26-34)48(52)53)57(38-19-10-7-11-20-38,39-21-12-8-13-22-39)40-23-14-9-15-24-40/h7-28,31,41-42H,29-30,32-33H2,1-6H3/t41-,42+/m0/s1. The molecule has 0 aromatic heterocycles. The van der Waals surface area contributed by atoms with E-state index < -0.39 is 46.4 Å². The highest BCUT2D eigenvalue weighted by atomic mass is 31.2. The minimum absolute atomic E-state index is 0.0583. The van der Waals surface area contributed by atoms with Crippen molar-refractivity contribution in [2.45, 2.75) is 64.8 Å². The van der Waals surface area contributed by atoms with Crippen molar-refractivity contribution < 1.29 is 32.9 Å². The monoisotopic (exact) mass is 846 g/mol. The van der Waals surface area contributed by atoms with Gasteiger partial charge in [0.05, 0.1) is 16.9 Å². The van der Waals surface area contributed by atoms with Crippen molar-refractivity contribution in [1.29, 1.82) is 0 Å². The summed E-state index contributed by atoms with van der Waals surface area (Å²) < 4.78 is 18.7. The maximum Gasteiger partial charge on any atom is 0.356 e.